The Labute approximate surface area is 133 Å². The fourth-order valence-corrected chi connectivity index (χ4v) is 2.86. The van der Waals surface area contributed by atoms with Gasteiger partial charge in [0, 0.05) is 16.1 Å². The lowest BCUT2D eigenvalue weighted by molar-refractivity contribution is 0.225. The van der Waals surface area contributed by atoms with E-state index in [4.69, 9.17) is 11.6 Å². The van der Waals surface area contributed by atoms with Gasteiger partial charge < -0.3 is 5.11 Å². The van der Waals surface area contributed by atoms with Gasteiger partial charge in [0.2, 0.25) is 0 Å². The van der Waals surface area contributed by atoms with Crippen LogP contribution in [0.4, 0.5) is 0 Å². The average Bonchev–Trinajstić information content (AvgIpc) is 2.43. The van der Waals surface area contributed by atoms with Crippen molar-refractivity contribution in [1.82, 2.24) is 0 Å². The van der Waals surface area contributed by atoms with Gasteiger partial charge >= 0.3 is 0 Å². The molecule has 1 unspecified atom stereocenters. The Hall–Kier alpha value is -0.830. The fourth-order valence-electron chi connectivity index (χ4n) is 2.28. The molecule has 0 aliphatic heterocycles. The average molecular weight is 354 g/mol. The summed E-state index contributed by atoms with van der Waals surface area (Å²) in [6.45, 7) is 2.20. The molecule has 0 fully saturated rings. The van der Waals surface area contributed by atoms with Gasteiger partial charge in [-0.3, -0.25) is 0 Å². The standard InChI is InChI=1S/C17H18BrClO/c1-12-2-5-15(17(19)8-12)10-14(11-20)9-13-3-6-16(18)7-4-13/h2-8,14,20H,9-11H2,1H3. The summed E-state index contributed by atoms with van der Waals surface area (Å²) in [6, 6.07) is 14.3. The van der Waals surface area contributed by atoms with Crippen LogP contribution < -0.4 is 0 Å². The van der Waals surface area contributed by atoms with E-state index in [0.29, 0.717) is 0 Å². The van der Waals surface area contributed by atoms with Crippen LogP contribution in [0.3, 0.4) is 0 Å². The molecule has 0 saturated carbocycles. The Balaban J connectivity index is 2.07. The van der Waals surface area contributed by atoms with Crippen molar-refractivity contribution in [3.05, 3.63) is 68.7 Å². The molecule has 1 nitrogen and oxygen atoms in total. The minimum absolute atomic E-state index is 0.167. The molecule has 1 atom stereocenters. The lowest BCUT2D eigenvalue weighted by Gasteiger charge is -2.15. The highest BCUT2D eigenvalue weighted by atomic mass is 79.9. The Morgan fingerprint density at radius 2 is 1.80 bits per heavy atom. The molecule has 0 bridgehead atoms. The smallest absolute Gasteiger partial charge is 0.0465 e. The van der Waals surface area contributed by atoms with Crippen molar-refractivity contribution in [1.29, 1.82) is 0 Å². The molecule has 2 aromatic rings. The molecule has 3 heteroatoms. The molecule has 2 aromatic carbocycles. The fraction of sp³-hybridized carbons (Fsp3) is 0.294. The maximum Gasteiger partial charge on any atom is 0.0465 e. The summed E-state index contributed by atoms with van der Waals surface area (Å²) in [5, 5.41) is 10.4. The van der Waals surface area contributed by atoms with E-state index in [9.17, 15) is 5.11 Å². The van der Waals surface area contributed by atoms with E-state index in [1.807, 2.05) is 25.1 Å². The molecule has 1 N–H and O–H groups in total. The third-order valence-electron chi connectivity index (χ3n) is 3.41. The van der Waals surface area contributed by atoms with Crippen LogP contribution in [0.2, 0.25) is 5.02 Å². The number of aryl methyl sites for hydroxylation is 1. The summed E-state index contributed by atoms with van der Waals surface area (Å²) in [6.07, 6.45) is 1.65. The van der Waals surface area contributed by atoms with E-state index in [0.717, 1.165) is 33.5 Å². The van der Waals surface area contributed by atoms with Crippen molar-refractivity contribution in [3.8, 4) is 0 Å². The second-order valence-corrected chi connectivity index (χ2v) is 6.50. The Bertz CT molecular complexity index is 566. The van der Waals surface area contributed by atoms with E-state index in [1.54, 1.807) is 0 Å². The molecule has 0 aliphatic carbocycles. The molecule has 0 aliphatic rings. The molecule has 20 heavy (non-hydrogen) atoms. The van der Waals surface area contributed by atoms with Gasteiger partial charge in [0.1, 0.15) is 0 Å². The first-order valence-corrected chi connectivity index (χ1v) is 7.86. The van der Waals surface area contributed by atoms with Gasteiger partial charge in [-0.25, -0.2) is 0 Å². The second-order valence-electron chi connectivity index (χ2n) is 5.18. The van der Waals surface area contributed by atoms with Crippen molar-refractivity contribution >= 4 is 27.5 Å². The molecule has 2 rings (SSSR count). The first-order valence-electron chi connectivity index (χ1n) is 6.69. The van der Waals surface area contributed by atoms with Gasteiger partial charge in [-0.2, -0.15) is 0 Å². The predicted molar refractivity (Wildman–Crippen MR) is 88.3 cm³/mol. The molecular weight excluding hydrogens is 336 g/mol. The zero-order valence-corrected chi connectivity index (χ0v) is 13.8. The van der Waals surface area contributed by atoms with Gasteiger partial charge in [0.05, 0.1) is 0 Å². The summed E-state index contributed by atoms with van der Waals surface area (Å²) in [5.41, 5.74) is 3.50. The monoisotopic (exact) mass is 352 g/mol. The molecule has 0 radical (unpaired) electrons. The van der Waals surface area contributed by atoms with Gasteiger partial charge in [0.25, 0.3) is 0 Å². The first-order chi connectivity index (χ1) is 9.58. The molecular formula is C17H18BrClO. The molecule has 0 amide bonds. The minimum Gasteiger partial charge on any atom is -0.396 e. The third kappa shape index (κ3) is 4.34. The van der Waals surface area contributed by atoms with Crippen LogP contribution in [0.25, 0.3) is 0 Å². The van der Waals surface area contributed by atoms with Crippen LogP contribution in [0, 0.1) is 12.8 Å². The van der Waals surface area contributed by atoms with E-state index < -0.39 is 0 Å². The van der Waals surface area contributed by atoms with Gasteiger partial charge in [-0.15, -0.1) is 0 Å². The van der Waals surface area contributed by atoms with Crippen LogP contribution in [-0.2, 0) is 12.8 Å². The topological polar surface area (TPSA) is 20.2 Å². The quantitative estimate of drug-likeness (QED) is 0.818. The number of halogens is 2. The maximum absolute atomic E-state index is 9.60. The molecule has 0 spiro atoms. The summed E-state index contributed by atoms with van der Waals surface area (Å²) in [5.74, 6) is 0.191. The number of aliphatic hydroxyl groups excluding tert-OH is 1. The number of benzene rings is 2. The minimum atomic E-state index is 0.167. The van der Waals surface area contributed by atoms with Gasteiger partial charge in [-0.1, -0.05) is 51.8 Å². The predicted octanol–water partition coefficient (Wildman–Crippen LogP) is 4.80. The number of hydrogen-bond donors (Lipinski definition) is 1. The SMILES string of the molecule is Cc1ccc(CC(CO)Cc2ccc(Br)cc2)c(Cl)c1. The Morgan fingerprint density at radius 1 is 1.10 bits per heavy atom. The highest BCUT2D eigenvalue weighted by Gasteiger charge is 2.12. The zero-order chi connectivity index (χ0) is 14.5. The van der Waals surface area contributed by atoms with Gasteiger partial charge in [0.15, 0.2) is 0 Å². The second kappa shape index (κ2) is 7.26. The highest BCUT2D eigenvalue weighted by molar-refractivity contribution is 9.10. The summed E-state index contributed by atoms with van der Waals surface area (Å²) in [4.78, 5) is 0. The van der Waals surface area contributed by atoms with Crippen molar-refractivity contribution in [2.45, 2.75) is 19.8 Å². The first kappa shape index (κ1) is 15.6. The molecule has 106 valence electrons. The Morgan fingerprint density at radius 3 is 2.40 bits per heavy atom. The third-order valence-corrected chi connectivity index (χ3v) is 4.29. The summed E-state index contributed by atoms with van der Waals surface area (Å²) < 4.78 is 1.07. The highest BCUT2D eigenvalue weighted by Crippen LogP contribution is 2.23. The van der Waals surface area contributed by atoms with E-state index in [2.05, 4.69) is 40.2 Å². The largest absolute Gasteiger partial charge is 0.396 e. The number of hydrogen-bond acceptors (Lipinski definition) is 1. The van der Waals surface area contributed by atoms with Crippen LogP contribution in [-0.4, -0.2) is 11.7 Å². The van der Waals surface area contributed by atoms with Crippen molar-refractivity contribution < 1.29 is 5.11 Å². The van der Waals surface area contributed by atoms with Crippen LogP contribution in [0.15, 0.2) is 46.9 Å². The van der Waals surface area contributed by atoms with Crippen molar-refractivity contribution in [2.24, 2.45) is 5.92 Å². The van der Waals surface area contributed by atoms with Crippen LogP contribution in [0.1, 0.15) is 16.7 Å². The molecule has 0 heterocycles. The number of rotatable bonds is 5. The van der Waals surface area contributed by atoms with E-state index in [-0.39, 0.29) is 12.5 Å². The molecule has 0 saturated heterocycles. The zero-order valence-electron chi connectivity index (χ0n) is 11.4. The molecule has 0 aromatic heterocycles. The van der Waals surface area contributed by atoms with Crippen molar-refractivity contribution in [3.63, 3.8) is 0 Å². The van der Waals surface area contributed by atoms with Gasteiger partial charge in [-0.05, 0) is 60.6 Å². The van der Waals surface area contributed by atoms with E-state index >= 15 is 0 Å². The number of aliphatic hydroxyl groups is 1. The van der Waals surface area contributed by atoms with Crippen molar-refractivity contribution in [2.75, 3.05) is 6.61 Å². The lowest BCUT2D eigenvalue weighted by Crippen LogP contribution is -2.13. The van der Waals surface area contributed by atoms with E-state index in [1.165, 1.54) is 5.56 Å². The Kier molecular flexibility index (Phi) is 5.64. The summed E-state index contributed by atoms with van der Waals surface area (Å²) in [7, 11) is 0. The summed E-state index contributed by atoms with van der Waals surface area (Å²) >= 11 is 9.70. The maximum atomic E-state index is 9.60. The lowest BCUT2D eigenvalue weighted by atomic mass is 9.93. The van der Waals surface area contributed by atoms with Crippen LogP contribution >= 0.6 is 27.5 Å². The normalized spacial score (nSPS) is 12.4. The van der Waals surface area contributed by atoms with Crippen LogP contribution in [0.5, 0.6) is 0 Å².